The van der Waals surface area contributed by atoms with Crippen LogP contribution in [0.2, 0.25) is 0 Å². The van der Waals surface area contributed by atoms with Crippen molar-refractivity contribution < 1.29 is 29.7 Å². The Bertz CT molecular complexity index is 460. The molecule has 1 aliphatic carbocycles. The first kappa shape index (κ1) is 16.6. The molecule has 104 valence electrons. The van der Waals surface area contributed by atoms with Crippen molar-refractivity contribution in [2.24, 2.45) is 5.41 Å². The molecular weight excluding hydrogens is 252 g/mol. The molecule has 0 radical (unpaired) electrons. The number of rotatable bonds is 3. The standard InChI is InChI=1S/C9H10O4.C4H6O2/c1-9(8(12)13)4-2-3-6(5-9)7(10)11;1-3(2)4(5)6/h2-4H,5H2,1H3,(H,10,11)(H,12,13);1H2,2H3,(H,5,6). The fourth-order valence-electron chi connectivity index (χ4n) is 1.18. The van der Waals surface area contributed by atoms with Gasteiger partial charge in [-0.1, -0.05) is 24.8 Å². The summed E-state index contributed by atoms with van der Waals surface area (Å²) in [7, 11) is 0. The lowest BCUT2D eigenvalue weighted by Crippen LogP contribution is -2.28. The van der Waals surface area contributed by atoms with Crippen LogP contribution < -0.4 is 0 Å². The van der Waals surface area contributed by atoms with Gasteiger partial charge in [0.25, 0.3) is 0 Å². The van der Waals surface area contributed by atoms with E-state index in [0.29, 0.717) is 0 Å². The van der Waals surface area contributed by atoms with Gasteiger partial charge in [-0.25, -0.2) is 9.59 Å². The Morgan fingerprint density at radius 2 is 1.74 bits per heavy atom. The maximum Gasteiger partial charge on any atom is 0.331 e. The third-order valence-electron chi connectivity index (χ3n) is 2.45. The van der Waals surface area contributed by atoms with Crippen molar-refractivity contribution in [1.29, 1.82) is 0 Å². The number of carbonyl (C=O) groups is 3. The molecular formula is C13H16O6. The minimum atomic E-state index is -1.08. The predicted molar refractivity (Wildman–Crippen MR) is 67.7 cm³/mol. The molecule has 1 rings (SSSR count). The van der Waals surface area contributed by atoms with E-state index in [2.05, 4.69) is 6.58 Å². The third kappa shape index (κ3) is 5.20. The molecule has 1 unspecified atom stereocenters. The molecule has 0 heterocycles. The molecule has 6 heteroatoms. The highest BCUT2D eigenvalue weighted by Crippen LogP contribution is 2.31. The molecule has 0 aromatic rings. The zero-order valence-corrected chi connectivity index (χ0v) is 10.7. The molecule has 3 N–H and O–H groups in total. The first-order valence-corrected chi connectivity index (χ1v) is 5.34. The van der Waals surface area contributed by atoms with E-state index in [0.717, 1.165) is 0 Å². The first-order chi connectivity index (χ1) is 8.60. The SMILES string of the molecule is C=C(C)C(=O)O.CC1(C(=O)O)C=CC=C(C(=O)O)C1. The van der Waals surface area contributed by atoms with Crippen molar-refractivity contribution in [3.05, 3.63) is 36.0 Å². The monoisotopic (exact) mass is 268 g/mol. The Morgan fingerprint density at radius 3 is 2.05 bits per heavy atom. The molecule has 0 spiro atoms. The van der Waals surface area contributed by atoms with E-state index in [1.807, 2.05) is 0 Å². The maximum atomic E-state index is 10.8. The molecule has 0 aromatic heterocycles. The highest BCUT2D eigenvalue weighted by Gasteiger charge is 2.34. The molecule has 6 nitrogen and oxygen atoms in total. The Morgan fingerprint density at radius 1 is 1.26 bits per heavy atom. The van der Waals surface area contributed by atoms with E-state index in [1.165, 1.54) is 32.1 Å². The van der Waals surface area contributed by atoms with Crippen LogP contribution in [0.3, 0.4) is 0 Å². The van der Waals surface area contributed by atoms with Gasteiger partial charge >= 0.3 is 17.9 Å². The lowest BCUT2D eigenvalue weighted by atomic mass is 9.80. The van der Waals surface area contributed by atoms with E-state index in [9.17, 15) is 14.4 Å². The number of allylic oxidation sites excluding steroid dienone is 2. The molecule has 0 fully saturated rings. The van der Waals surface area contributed by atoms with Crippen molar-refractivity contribution in [2.45, 2.75) is 20.3 Å². The molecule has 0 saturated carbocycles. The van der Waals surface area contributed by atoms with Crippen LogP contribution in [0.25, 0.3) is 0 Å². The van der Waals surface area contributed by atoms with Gasteiger partial charge in [-0.15, -0.1) is 0 Å². The summed E-state index contributed by atoms with van der Waals surface area (Å²) in [5.41, 5.74) is -0.773. The Hall–Kier alpha value is -2.37. The van der Waals surface area contributed by atoms with Crippen LogP contribution in [0.4, 0.5) is 0 Å². The van der Waals surface area contributed by atoms with Crippen LogP contribution in [0.1, 0.15) is 20.3 Å². The largest absolute Gasteiger partial charge is 0.481 e. The fraction of sp³-hybridized carbons (Fsp3) is 0.308. The normalized spacial score (nSPS) is 20.6. The highest BCUT2D eigenvalue weighted by atomic mass is 16.4. The molecule has 0 aliphatic heterocycles. The number of hydrogen-bond donors (Lipinski definition) is 3. The van der Waals surface area contributed by atoms with Crippen molar-refractivity contribution in [3.63, 3.8) is 0 Å². The van der Waals surface area contributed by atoms with Crippen LogP contribution in [0.5, 0.6) is 0 Å². The number of hydrogen-bond acceptors (Lipinski definition) is 3. The van der Waals surface area contributed by atoms with Gasteiger partial charge in [0.05, 0.1) is 5.41 Å². The van der Waals surface area contributed by atoms with Gasteiger partial charge in [-0.05, 0) is 20.3 Å². The van der Waals surface area contributed by atoms with Crippen molar-refractivity contribution in [1.82, 2.24) is 0 Å². The average Bonchev–Trinajstić information content (AvgIpc) is 2.29. The number of carboxylic acids is 3. The second kappa shape index (κ2) is 6.53. The minimum Gasteiger partial charge on any atom is -0.481 e. The topological polar surface area (TPSA) is 112 Å². The Balaban J connectivity index is 0.000000459. The zero-order valence-electron chi connectivity index (χ0n) is 10.7. The molecule has 1 atom stereocenters. The van der Waals surface area contributed by atoms with Gasteiger partial charge in [0.2, 0.25) is 0 Å². The zero-order chi connectivity index (χ0) is 15.2. The highest BCUT2D eigenvalue weighted by molar-refractivity contribution is 5.90. The van der Waals surface area contributed by atoms with E-state index >= 15 is 0 Å². The second-order valence-electron chi connectivity index (χ2n) is 4.34. The lowest BCUT2D eigenvalue weighted by molar-refractivity contribution is -0.145. The van der Waals surface area contributed by atoms with Crippen molar-refractivity contribution >= 4 is 17.9 Å². The summed E-state index contributed by atoms with van der Waals surface area (Å²) < 4.78 is 0. The van der Waals surface area contributed by atoms with Crippen molar-refractivity contribution in [3.8, 4) is 0 Å². The number of carboxylic acid groups (broad SMARTS) is 3. The quantitative estimate of drug-likeness (QED) is 0.671. The van der Waals surface area contributed by atoms with Crippen molar-refractivity contribution in [2.75, 3.05) is 0 Å². The summed E-state index contributed by atoms with van der Waals surface area (Å²) in [4.78, 5) is 30.9. The Labute approximate surface area is 110 Å². The second-order valence-corrected chi connectivity index (χ2v) is 4.34. The first-order valence-electron chi connectivity index (χ1n) is 5.34. The molecule has 0 bridgehead atoms. The van der Waals surface area contributed by atoms with Gasteiger partial charge in [0.15, 0.2) is 0 Å². The van der Waals surface area contributed by atoms with Crippen LogP contribution in [-0.2, 0) is 14.4 Å². The summed E-state index contributed by atoms with van der Waals surface area (Å²) in [6.07, 6.45) is 4.43. The maximum absolute atomic E-state index is 10.8. The average molecular weight is 268 g/mol. The molecule has 19 heavy (non-hydrogen) atoms. The lowest BCUT2D eigenvalue weighted by Gasteiger charge is -2.23. The van der Waals surface area contributed by atoms with Gasteiger partial charge in [-0.2, -0.15) is 0 Å². The van der Waals surface area contributed by atoms with E-state index in [-0.39, 0.29) is 17.6 Å². The van der Waals surface area contributed by atoms with Gasteiger partial charge < -0.3 is 15.3 Å². The minimum absolute atomic E-state index is 0.0359. The molecule has 1 aliphatic rings. The van der Waals surface area contributed by atoms with E-state index in [4.69, 9.17) is 15.3 Å². The Kier molecular flexibility index (Phi) is 5.72. The van der Waals surface area contributed by atoms with Crippen LogP contribution >= 0.6 is 0 Å². The molecule has 0 amide bonds. The smallest absolute Gasteiger partial charge is 0.331 e. The van der Waals surface area contributed by atoms with Crippen LogP contribution in [0, 0.1) is 5.41 Å². The molecule has 0 aromatic carbocycles. The van der Waals surface area contributed by atoms with Crippen LogP contribution in [0.15, 0.2) is 36.0 Å². The summed E-state index contributed by atoms with van der Waals surface area (Å²) in [6.45, 7) is 6.10. The number of aliphatic carboxylic acids is 3. The van der Waals surface area contributed by atoms with Gasteiger partial charge in [0.1, 0.15) is 0 Å². The van der Waals surface area contributed by atoms with E-state index < -0.39 is 23.3 Å². The predicted octanol–water partition coefficient (Wildman–Crippen LogP) is 1.70. The fourth-order valence-corrected chi connectivity index (χ4v) is 1.18. The van der Waals surface area contributed by atoms with Gasteiger partial charge in [-0.3, -0.25) is 4.79 Å². The third-order valence-corrected chi connectivity index (χ3v) is 2.45. The van der Waals surface area contributed by atoms with Crippen LogP contribution in [-0.4, -0.2) is 33.2 Å². The molecule has 0 saturated heterocycles. The summed E-state index contributed by atoms with van der Waals surface area (Å²) in [5.74, 6) is -3.00. The van der Waals surface area contributed by atoms with E-state index in [1.54, 1.807) is 0 Å². The van der Waals surface area contributed by atoms with Gasteiger partial charge in [0, 0.05) is 11.1 Å². The summed E-state index contributed by atoms with van der Waals surface area (Å²) in [5, 5.41) is 25.4. The summed E-state index contributed by atoms with van der Waals surface area (Å²) in [6, 6.07) is 0. The summed E-state index contributed by atoms with van der Waals surface area (Å²) >= 11 is 0.